The summed E-state index contributed by atoms with van der Waals surface area (Å²) in [6.07, 6.45) is 3.86. The predicted molar refractivity (Wildman–Crippen MR) is 86.9 cm³/mol. The maximum absolute atomic E-state index is 10.5. The van der Waals surface area contributed by atoms with Gasteiger partial charge in [0.15, 0.2) is 0 Å². The van der Waals surface area contributed by atoms with E-state index >= 15 is 0 Å². The van der Waals surface area contributed by atoms with E-state index in [1.165, 1.54) is 10.4 Å². The molecule has 3 nitrogen and oxygen atoms in total. The van der Waals surface area contributed by atoms with Gasteiger partial charge in [0.2, 0.25) is 0 Å². The van der Waals surface area contributed by atoms with Crippen LogP contribution in [0.1, 0.15) is 42.3 Å². The summed E-state index contributed by atoms with van der Waals surface area (Å²) < 4.78 is 0. The number of carboxylic acid groups (broad SMARTS) is 1. The maximum atomic E-state index is 10.5. The van der Waals surface area contributed by atoms with Gasteiger partial charge in [0.05, 0.1) is 5.69 Å². The van der Waals surface area contributed by atoms with Gasteiger partial charge < -0.3 is 5.11 Å². The van der Waals surface area contributed by atoms with Gasteiger partial charge in [-0.1, -0.05) is 31.2 Å². The Hall–Kier alpha value is -1.68. The molecule has 2 rings (SSSR count). The van der Waals surface area contributed by atoms with Gasteiger partial charge in [-0.25, -0.2) is 4.98 Å². The van der Waals surface area contributed by atoms with Crippen LogP contribution in [0.5, 0.6) is 0 Å². The highest BCUT2D eigenvalue weighted by Crippen LogP contribution is 2.29. The van der Waals surface area contributed by atoms with Crippen LogP contribution < -0.4 is 0 Å². The summed E-state index contributed by atoms with van der Waals surface area (Å²) in [5, 5.41) is 9.71. The van der Waals surface area contributed by atoms with Gasteiger partial charge >= 0.3 is 5.97 Å². The van der Waals surface area contributed by atoms with Crippen molar-refractivity contribution in [2.24, 2.45) is 0 Å². The first kappa shape index (κ1) is 15.7. The molecule has 112 valence electrons. The fourth-order valence-corrected chi connectivity index (χ4v) is 3.34. The Kier molecular flexibility index (Phi) is 5.51. The third-order valence-electron chi connectivity index (χ3n) is 3.55. The number of carboxylic acids is 1. The van der Waals surface area contributed by atoms with E-state index in [1.807, 2.05) is 6.92 Å². The quantitative estimate of drug-likeness (QED) is 0.767. The number of thiazole rings is 1. The Bertz CT molecular complexity index is 602. The number of aryl methyl sites for hydroxylation is 3. The van der Waals surface area contributed by atoms with E-state index in [0.717, 1.165) is 41.9 Å². The van der Waals surface area contributed by atoms with Crippen molar-refractivity contribution in [1.29, 1.82) is 0 Å². The number of nitrogens with zero attached hydrogens (tertiary/aromatic N) is 1. The first-order valence-electron chi connectivity index (χ1n) is 7.37. The largest absolute Gasteiger partial charge is 0.481 e. The van der Waals surface area contributed by atoms with E-state index in [2.05, 4.69) is 36.2 Å². The number of unbranched alkanes of at least 4 members (excludes halogenated alkanes) is 1. The molecule has 0 saturated carbocycles. The molecule has 0 aliphatic rings. The van der Waals surface area contributed by atoms with Crippen LogP contribution in [0.2, 0.25) is 0 Å². The fourth-order valence-electron chi connectivity index (χ4n) is 2.23. The molecule has 1 aromatic carbocycles. The van der Waals surface area contributed by atoms with Crippen molar-refractivity contribution in [2.45, 2.75) is 46.0 Å². The van der Waals surface area contributed by atoms with E-state index < -0.39 is 5.97 Å². The minimum absolute atomic E-state index is 0.253. The number of hydrogen-bond acceptors (Lipinski definition) is 3. The Labute approximate surface area is 129 Å². The molecule has 1 aromatic heterocycles. The molecule has 2 aromatic rings. The van der Waals surface area contributed by atoms with Crippen LogP contribution in [0, 0.1) is 6.92 Å². The lowest BCUT2D eigenvalue weighted by atomic mass is 10.1. The molecule has 0 saturated heterocycles. The summed E-state index contributed by atoms with van der Waals surface area (Å²) in [6.45, 7) is 4.19. The number of aromatic nitrogens is 1. The van der Waals surface area contributed by atoms with Crippen LogP contribution in [0.15, 0.2) is 24.3 Å². The molecule has 4 heteroatoms. The third-order valence-corrected chi connectivity index (χ3v) is 4.81. The van der Waals surface area contributed by atoms with E-state index in [1.54, 1.807) is 11.3 Å². The minimum atomic E-state index is -0.715. The zero-order valence-electron chi connectivity index (χ0n) is 12.6. The number of benzene rings is 1. The van der Waals surface area contributed by atoms with Gasteiger partial charge in [0, 0.05) is 16.9 Å². The van der Waals surface area contributed by atoms with E-state index in [4.69, 9.17) is 5.11 Å². The Morgan fingerprint density at radius 3 is 2.57 bits per heavy atom. The van der Waals surface area contributed by atoms with Crippen molar-refractivity contribution < 1.29 is 9.90 Å². The zero-order valence-corrected chi connectivity index (χ0v) is 13.4. The number of aliphatic carboxylic acids is 1. The van der Waals surface area contributed by atoms with Crippen LogP contribution in [0.3, 0.4) is 0 Å². The Balaban J connectivity index is 2.02. The molecular formula is C17H21NO2S. The molecule has 0 spiro atoms. The molecule has 0 radical (unpaired) electrons. The van der Waals surface area contributed by atoms with E-state index in [0.29, 0.717) is 0 Å². The fraction of sp³-hybridized carbons (Fsp3) is 0.412. The summed E-state index contributed by atoms with van der Waals surface area (Å²) in [5.41, 5.74) is 3.57. The lowest BCUT2D eigenvalue weighted by Gasteiger charge is -1.99. The second-order valence-corrected chi connectivity index (χ2v) is 6.26. The van der Waals surface area contributed by atoms with Crippen LogP contribution in [-0.4, -0.2) is 16.1 Å². The van der Waals surface area contributed by atoms with Crippen LogP contribution in [0.25, 0.3) is 10.6 Å². The second kappa shape index (κ2) is 7.36. The molecule has 21 heavy (non-hydrogen) atoms. The first-order valence-corrected chi connectivity index (χ1v) is 8.19. The van der Waals surface area contributed by atoms with Crippen LogP contribution in [-0.2, 0) is 17.6 Å². The highest BCUT2D eigenvalue weighted by molar-refractivity contribution is 7.15. The number of carbonyl (C=O) groups is 1. The average molecular weight is 303 g/mol. The van der Waals surface area contributed by atoms with Gasteiger partial charge in [0.1, 0.15) is 5.01 Å². The first-order chi connectivity index (χ1) is 10.1. The zero-order chi connectivity index (χ0) is 15.2. The van der Waals surface area contributed by atoms with Crippen molar-refractivity contribution in [3.05, 3.63) is 40.4 Å². The van der Waals surface area contributed by atoms with E-state index in [-0.39, 0.29) is 6.42 Å². The molecule has 1 N–H and O–H groups in total. The molecule has 0 bridgehead atoms. The van der Waals surface area contributed by atoms with Crippen molar-refractivity contribution >= 4 is 17.3 Å². The van der Waals surface area contributed by atoms with Gasteiger partial charge in [-0.05, 0) is 38.2 Å². The molecule has 0 atom stereocenters. The standard InChI is InChI=1S/C17H21NO2S/c1-3-13-8-10-14(11-9-13)17-18-12(2)15(21-17)6-4-5-7-16(19)20/h8-11H,3-7H2,1-2H3,(H,19,20). The molecule has 0 aliphatic carbocycles. The van der Waals surface area contributed by atoms with Crippen LogP contribution in [0.4, 0.5) is 0 Å². The predicted octanol–water partition coefficient (Wildman–Crippen LogP) is 4.48. The monoisotopic (exact) mass is 303 g/mol. The topological polar surface area (TPSA) is 50.2 Å². The normalized spacial score (nSPS) is 10.8. The highest BCUT2D eigenvalue weighted by atomic mass is 32.1. The van der Waals surface area contributed by atoms with Crippen LogP contribution >= 0.6 is 11.3 Å². The lowest BCUT2D eigenvalue weighted by Crippen LogP contribution is -1.94. The summed E-state index contributed by atoms with van der Waals surface area (Å²) in [7, 11) is 0. The molecular weight excluding hydrogens is 282 g/mol. The highest BCUT2D eigenvalue weighted by Gasteiger charge is 2.09. The number of rotatable bonds is 7. The van der Waals surface area contributed by atoms with Crippen molar-refractivity contribution in [3.8, 4) is 10.6 Å². The Morgan fingerprint density at radius 1 is 1.24 bits per heavy atom. The van der Waals surface area contributed by atoms with Gasteiger partial charge in [0.25, 0.3) is 0 Å². The van der Waals surface area contributed by atoms with Crippen molar-refractivity contribution in [1.82, 2.24) is 4.98 Å². The smallest absolute Gasteiger partial charge is 0.303 e. The molecule has 0 amide bonds. The number of hydrogen-bond donors (Lipinski definition) is 1. The SMILES string of the molecule is CCc1ccc(-c2nc(C)c(CCCCC(=O)O)s2)cc1. The summed E-state index contributed by atoms with van der Waals surface area (Å²) in [6, 6.07) is 8.56. The summed E-state index contributed by atoms with van der Waals surface area (Å²) >= 11 is 1.73. The van der Waals surface area contributed by atoms with Crippen molar-refractivity contribution in [3.63, 3.8) is 0 Å². The summed E-state index contributed by atoms with van der Waals surface area (Å²) in [4.78, 5) is 16.4. The molecule has 1 heterocycles. The minimum Gasteiger partial charge on any atom is -0.481 e. The maximum Gasteiger partial charge on any atom is 0.303 e. The lowest BCUT2D eigenvalue weighted by molar-refractivity contribution is -0.137. The summed E-state index contributed by atoms with van der Waals surface area (Å²) in [5.74, 6) is -0.715. The third kappa shape index (κ3) is 4.39. The molecule has 0 fully saturated rings. The Morgan fingerprint density at radius 2 is 1.95 bits per heavy atom. The molecule has 0 aliphatic heterocycles. The van der Waals surface area contributed by atoms with Crippen molar-refractivity contribution in [2.75, 3.05) is 0 Å². The van der Waals surface area contributed by atoms with E-state index in [9.17, 15) is 4.79 Å². The molecule has 0 unspecified atom stereocenters. The van der Waals surface area contributed by atoms with Gasteiger partial charge in [-0.3, -0.25) is 4.79 Å². The van der Waals surface area contributed by atoms with Gasteiger partial charge in [-0.2, -0.15) is 0 Å². The second-order valence-electron chi connectivity index (χ2n) is 5.18. The average Bonchev–Trinajstić information content (AvgIpc) is 2.85. The van der Waals surface area contributed by atoms with Gasteiger partial charge in [-0.15, -0.1) is 11.3 Å².